The van der Waals surface area contributed by atoms with Crippen LogP contribution in [0.5, 0.6) is 0 Å². The standard InChI is InChI=1S/C14H21ClN2O4S2/c1-16(2)11-7-8-17(9-10(11)3-5-13(18)19)23(20,21)14-6-4-12(15)22-14/h4,6,10-11H,3,5,7-9H2,1-2H3,(H,18,19)/t10-,11+/m0/s1. The number of hydrogen-bond acceptors (Lipinski definition) is 5. The van der Waals surface area contributed by atoms with Gasteiger partial charge in [0.2, 0.25) is 0 Å². The van der Waals surface area contributed by atoms with E-state index in [9.17, 15) is 13.2 Å². The van der Waals surface area contributed by atoms with Crippen molar-refractivity contribution in [3.63, 3.8) is 0 Å². The van der Waals surface area contributed by atoms with E-state index in [2.05, 4.69) is 4.90 Å². The van der Waals surface area contributed by atoms with Gasteiger partial charge in [0.1, 0.15) is 4.21 Å². The van der Waals surface area contributed by atoms with Crippen molar-refractivity contribution in [3.8, 4) is 0 Å². The molecule has 1 aromatic heterocycles. The number of carboxylic acids is 1. The van der Waals surface area contributed by atoms with Gasteiger partial charge in [0.05, 0.1) is 4.34 Å². The molecule has 23 heavy (non-hydrogen) atoms. The predicted molar refractivity (Wildman–Crippen MR) is 90.5 cm³/mol. The zero-order valence-electron chi connectivity index (χ0n) is 13.1. The number of carbonyl (C=O) groups is 1. The number of piperidine rings is 1. The molecule has 0 unspecified atom stereocenters. The Kier molecular flexibility index (Phi) is 6.07. The number of hydrogen-bond donors (Lipinski definition) is 1. The van der Waals surface area contributed by atoms with Crippen LogP contribution in [-0.4, -0.2) is 61.9 Å². The van der Waals surface area contributed by atoms with Gasteiger partial charge in [-0.05, 0) is 45.0 Å². The van der Waals surface area contributed by atoms with Gasteiger partial charge >= 0.3 is 5.97 Å². The van der Waals surface area contributed by atoms with Crippen LogP contribution in [0.15, 0.2) is 16.3 Å². The van der Waals surface area contributed by atoms with Crippen LogP contribution in [-0.2, 0) is 14.8 Å². The van der Waals surface area contributed by atoms with Crippen LogP contribution in [0.3, 0.4) is 0 Å². The average Bonchev–Trinajstić information content (AvgIpc) is 2.92. The van der Waals surface area contributed by atoms with Gasteiger partial charge in [0.15, 0.2) is 0 Å². The summed E-state index contributed by atoms with van der Waals surface area (Å²) in [7, 11) is 0.332. The van der Waals surface area contributed by atoms with Crippen LogP contribution in [0.2, 0.25) is 4.34 Å². The van der Waals surface area contributed by atoms with Gasteiger partial charge in [0.25, 0.3) is 10.0 Å². The first-order valence-electron chi connectivity index (χ1n) is 7.35. The fourth-order valence-corrected chi connectivity index (χ4v) is 6.19. The number of thiophene rings is 1. The molecule has 2 heterocycles. The summed E-state index contributed by atoms with van der Waals surface area (Å²) in [6, 6.07) is 3.29. The summed E-state index contributed by atoms with van der Waals surface area (Å²) in [6.45, 7) is 0.776. The number of carboxylic acid groups (broad SMARTS) is 1. The van der Waals surface area contributed by atoms with Crippen LogP contribution < -0.4 is 0 Å². The van der Waals surface area contributed by atoms with Crippen molar-refractivity contribution in [2.45, 2.75) is 29.5 Å². The monoisotopic (exact) mass is 380 g/mol. The lowest BCUT2D eigenvalue weighted by Gasteiger charge is -2.40. The Morgan fingerprint density at radius 1 is 1.48 bits per heavy atom. The normalized spacial score (nSPS) is 23.3. The maximum atomic E-state index is 12.7. The highest BCUT2D eigenvalue weighted by atomic mass is 35.5. The molecule has 6 nitrogen and oxygen atoms in total. The summed E-state index contributed by atoms with van der Waals surface area (Å²) in [5, 5.41) is 8.92. The zero-order valence-corrected chi connectivity index (χ0v) is 15.5. The lowest BCUT2D eigenvalue weighted by Crippen LogP contribution is -2.50. The maximum absolute atomic E-state index is 12.7. The predicted octanol–water partition coefficient (Wildman–Crippen LogP) is 2.21. The molecule has 2 atom stereocenters. The molecule has 1 aliphatic rings. The molecule has 0 spiro atoms. The van der Waals surface area contributed by atoms with Gasteiger partial charge in [0, 0.05) is 25.6 Å². The van der Waals surface area contributed by atoms with Crippen LogP contribution in [0.4, 0.5) is 0 Å². The quantitative estimate of drug-likeness (QED) is 0.818. The van der Waals surface area contributed by atoms with E-state index in [0.29, 0.717) is 30.3 Å². The Balaban J connectivity index is 2.17. The molecule has 0 amide bonds. The van der Waals surface area contributed by atoms with Crippen LogP contribution in [0.25, 0.3) is 0 Å². The van der Waals surface area contributed by atoms with E-state index < -0.39 is 16.0 Å². The number of sulfonamides is 1. The van der Waals surface area contributed by atoms with Crippen molar-refractivity contribution >= 4 is 38.9 Å². The maximum Gasteiger partial charge on any atom is 0.303 e. The molecular formula is C14H21ClN2O4S2. The summed E-state index contributed by atoms with van der Waals surface area (Å²) >= 11 is 6.89. The molecule has 2 rings (SSSR count). The number of halogens is 1. The van der Waals surface area contributed by atoms with Gasteiger partial charge < -0.3 is 10.0 Å². The van der Waals surface area contributed by atoms with Crippen LogP contribution in [0.1, 0.15) is 19.3 Å². The van der Waals surface area contributed by atoms with Crippen molar-refractivity contribution < 1.29 is 18.3 Å². The first-order valence-corrected chi connectivity index (χ1v) is 9.99. The van der Waals surface area contributed by atoms with Crippen molar-refractivity contribution in [2.24, 2.45) is 5.92 Å². The molecule has 0 radical (unpaired) electrons. The van der Waals surface area contributed by atoms with Crippen molar-refractivity contribution in [1.82, 2.24) is 9.21 Å². The van der Waals surface area contributed by atoms with Crippen molar-refractivity contribution in [1.29, 1.82) is 0 Å². The fourth-order valence-electron chi connectivity index (χ4n) is 3.04. The van der Waals surface area contributed by atoms with Crippen molar-refractivity contribution in [3.05, 3.63) is 16.5 Å². The summed E-state index contributed by atoms with van der Waals surface area (Å²) in [5.41, 5.74) is 0. The molecule has 0 saturated carbocycles. The van der Waals surface area contributed by atoms with Gasteiger partial charge in [-0.1, -0.05) is 11.6 Å². The SMILES string of the molecule is CN(C)[C@@H]1CCN(S(=O)(=O)c2ccc(Cl)s2)C[C@@H]1CCC(=O)O. The second-order valence-corrected chi connectivity index (χ2v) is 9.81. The lowest BCUT2D eigenvalue weighted by molar-refractivity contribution is -0.137. The summed E-state index contributed by atoms with van der Waals surface area (Å²) in [5.74, 6) is -0.854. The molecule has 1 saturated heterocycles. The molecule has 0 bridgehead atoms. The highest BCUT2D eigenvalue weighted by molar-refractivity contribution is 7.91. The third-order valence-corrected chi connectivity index (χ3v) is 7.76. The van der Waals surface area contributed by atoms with E-state index in [1.165, 1.54) is 10.4 Å². The smallest absolute Gasteiger partial charge is 0.303 e. The van der Waals surface area contributed by atoms with Crippen LogP contribution >= 0.6 is 22.9 Å². The number of rotatable bonds is 6. The van der Waals surface area contributed by atoms with Gasteiger partial charge in [-0.3, -0.25) is 4.79 Å². The van der Waals surface area contributed by atoms with E-state index in [0.717, 1.165) is 11.3 Å². The molecular weight excluding hydrogens is 360 g/mol. The topological polar surface area (TPSA) is 77.9 Å². The van der Waals surface area contributed by atoms with Gasteiger partial charge in [-0.2, -0.15) is 4.31 Å². The first kappa shape index (κ1) is 18.7. The van der Waals surface area contributed by atoms with E-state index in [1.807, 2.05) is 14.1 Å². The molecule has 1 aliphatic heterocycles. The molecule has 130 valence electrons. The molecule has 0 aromatic carbocycles. The molecule has 9 heteroatoms. The Labute approximate surface area is 145 Å². The third kappa shape index (κ3) is 4.45. The highest BCUT2D eigenvalue weighted by Gasteiger charge is 2.37. The third-order valence-electron chi connectivity index (χ3n) is 4.19. The first-order chi connectivity index (χ1) is 10.7. The van der Waals surface area contributed by atoms with Crippen LogP contribution in [0, 0.1) is 5.92 Å². The Morgan fingerprint density at radius 2 is 2.17 bits per heavy atom. The number of aliphatic carboxylic acids is 1. The fraction of sp³-hybridized carbons (Fsp3) is 0.643. The Morgan fingerprint density at radius 3 is 2.70 bits per heavy atom. The summed E-state index contributed by atoms with van der Waals surface area (Å²) in [6.07, 6.45) is 1.21. The second-order valence-electron chi connectivity index (χ2n) is 5.93. The highest BCUT2D eigenvalue weighted by Crippen LogP contribution is 2.32. The van der Waals surface area contributed by atoms with Gasteiger partial charge in [-0.25, -0.2) is 8.42 Å². The average molecular weight is 381 g/mol. The second kappa shape index (κ2) is 7.48. The van der Waals surface area contributed by atoms with E-state index >= 15 is 0 Å². The Hall–Kier alpha value is -0.670. The molecule has 1 fully saturated rings. The van der Waals surface area contributed by atoms with Crippen molar-refractivity contribution in [2.75, 3.05) is 27.2 Å². The lowest BCUT2D eigenvalue weighted by atomic mass is 9.88. The van der Waals surface area contributed by atoms with E-state index in [-0.39, 0.29) is 22.6 Å². The molecule has 1 N–H and O–H groups in total. The zero-order chi connectivity index (χ0) is 17.2. The van der Waals surface area contributed by atoms with E-state index in [4.69, 9.17) is 16.7 Å². The molecule has 1 aromatic rings. The minimum atomic E-state index is -3.56. The van der Waals surface area contributed by atoms with E-state index in [1.54, 1.807) is 6.07 Å². The largest absolute Gasteiger partial charge is 0.481 e. The molecule has 0 aliphatic carbocycles. The summed E-state index contributed by atoms with van der Waals surface area (Å²) in [4.78, 5) is 12.9. The van der Waals surface area contributed by atoms with Gasteiger partial charge in [-0.15, -0.1) is 11.3 Å². The summed E-state index contributed by atoms with van der Waals surface area (Å²) < 4.78 is 27.6. The minimum absolute atomic E-state index is 0.0000548. The number of nitrogens with zero attached hydrogens (tertiary/aromatic N) is 2. The Bertz CT molecular complexity index is 659. The minimum Gasteiger partial charge on any atom is -0.481 e.